The van der Waals surface area contributed by atoms with Gasteiger partial charge in [0.15, 0.2) is 0 Å². The highest BCUT2D eigenvalue weighted by Crippen LogP contribution is 2.48. The van der Waals surface area contributed by atoms with Gasteiger partial charge in [-0.25, -0.2) is 4.79 Å². The van der Waals surface area contributed by atoms with Crippen molar-refractivity contribution in [3.8, 4) is 0 Å². The minimum atomic E-state index is -0.335. The van der Waals surface area contributed by atoms with Crippen LogP contribution in [0.25, 0.3) is 0 Å². The molecule has 0 unspecified atom stereocenters. The van der Waals surface area contributed by atoms with Gasteiger partial charge in [0, 0.05) is 6.20 Å². The summed E-state index contributed by atoms with van der Waals surface area (Å²) in [4.78, 5) is 15.9. The van der Waals surface area contributed by atoms with Crippen molar-refractivity contribution in [3.05, 3.63) is 59.9 Å². The van der Waals surface area contributed by atoms with E-state index in [0.29, 0.717) is 12.2 Å². The van der Waals surface area contributed by atoms with Crippen LogP contribution in [0.2, 0.25) is 0 Å². The summed E-state index contributed by atoms with van der Waals surface area (Å²) < 4.78 is 5.01. The number of rotatable bonds is 5. The second-order valence-corrected chi connectivity index (χ2v) is 5.26. The van der Waals surface area contributed by atoms with Gasteiger partial charge in [0.1, 0.15) is 0 Å². The molecule has 0 radical (unpaired) electrons. The number of carbonyl (C=O) groups excluding carboxylic acids is 1. The summed E-state index contributed by atoms with van der Waals surface area (Å²) in [6.07, 6.45) is 5.44. The number of ether oxygens (including phenoxy) is 1. The van der Waals surface area contributed by atoms with E-state index in [-0.39, 0.29) is 11.5 Å². The molecule has 3 rings (SSSR count). The zero-order valence-electron chi connectivity index (χ0n) is 12.0. The average Bonchev–Trinajstić information content (AvgIpc) is 3.29. The van der Waals surface area contributed by atoms with E-state index in [1.165, 1.54) is 11.8 Å². The van der Waals surface area contributed by atoms with Crippen LogP contribution in [-0.4, -0.2) is 17.6 Å². The van der Waals surface area contributed by atoms with E-state index in [0.717, 1.165) is 18.5 Å². The highest BCUT2D eigenvalue weighted by molar-refractivity contribution is 5.90. The Bertz CT molecular complexity index is 636. The number of anilines is 1. The minimum Gasteiger partial charge on any atom is -0.462 e. The van der Waals surface area contributed by atoms with Crippen molar-refractivity contribution in [2.75, 3.05) is 11.9 Å². The molecule has 0 atom stereocenters. The summed E-state index contributed by atoms with van der Waals surface area (Å²) >= 11 is 0. The van der Waals surface area contributed by atoms with E-state index in [4.69, 9.17) is 4.74 Å². The lowest BCUT2D eigenvalue weighted by Gasteiger charge is -2.19. The van der Waals surface area contributed by atoms with Crippen LogP contribution >= 0.6 is 0 Å². The van der Waals surface area contributed by atoms with Crippen molar-refractivity contribution in [1.29, 1.82) is 0 Å². The Labute approximate surface area is 124 Å². The van der Waals surface area contributed by atoms with Gasteiger partial charge in [-0.15, -0.1) is 0 Å². The molecular weight excluding hydrogens is 264 g/mol. The molecule has 1 aliphatic rings. The second-order valence-electron chi connectivity index (χ2n) is 5.26. The molecule has 0 aliphatic heterocycles. The standard InChI is InChI=1S/C17H18N2O2/c1-2-21-16(20)13-10-15(12-18-11-13)19-17(8-9-17)14-6-4-3-5-7-14/h3-7,10-12,19H,2,8-9H2,1H3. The van der Waals surface area contributed by atoms with Gasteiger partial charge < -0.3 is 10.1 Å². The Morgan fingerprint density at radius 2 is 2.05 bits per heavy atom. The van der Waals surface area contributed by atoms with E-state index >= 15 is 0 Å². The van der Waals surface area contributed by atoms with Crippen LogP contribution in [0.3, 0.4) is 0 Å². The van der Waals surface area contributed by atoms with Crippen LogP contribution in [0.4, 0.5) is 5.69 Å². The molecule has 1 fully saturated rings. The number of carbonyl (C=O) groups is 1. The summed E-state index contributed by atoms with van der Waals surface area (Å²) in [6.45, 7) is 2.16. The summed E-state index contributed by atoms with van der Waals surface area (Å²) in [5.74, 6) is -0.335. The number of esters is 1. The molecule has 0 spiro atoms. The Morgan fingerprint density at radius 1 is 1.29 bits per heavy atom. The van der Waals surface area contributed by atoms with Crippen molar-refractivity contribution in [2.24, 2.45) is 0 Å². The molecule has 1 aromatic heterocycles. The fourth-order valence-corrected chi connectivity index (χ4v) is 2.48. The van der Waals surface area contributed by atoms with Gasteiger partial charge in [0.05, 0.1) is 29.6 Å². The predicted molar refractivity (Wildman–Crippen MR) is 81.2 cm³/mol. The van der Waals surface area contributed by atoms with Crippen molar-refractivity contribution >= 4 is 11.7 Å². The van der Waals surface area contributed by atoms with Crippen LogP contribution in [0.1, 0.15) is 35.7 Å². The molecular formula is C17H18N2O2. The van der Waals surface area contributed by atoms with Crippen LogP contribution < -0.4 is 5.32 Å². The third-order valence-corrected chi connectivity index (χ3v) is 3.71. The van der Waals surface area contributed by atoms with E-state index in [2.05, 4.69) is 22.4 Å². The largest absolute Gasteiger partial charge is 0.462 e. The average molecular weight is 282 g/mol. The maximum absolute atomic E-state index is 11.8. The Balaban J connectivity index is 1.80. The highest BCUT2D eigenvalue weighted by Gasteiger charge is 2.44. The Kier molecular flexibility index (Phi) is 3.60. The monoisotopic (exact) mass is 282 g/mol. The summed E-state index contributed by atoms with van der Waals surface area (Å²) in [5.41, 5.74) is 2.58. The summed E-state index contributed by atoms with van der Waals surface area (Å²) in [7, 11) is 0. The zero-order chi connectivity index (χ0) is 14.7. The predicted octanol–water partition coefficient (Wildman–Crippen LogP) is 3.36. The lowest BCUT2D eigenvalue weighted by molar-refractivity contribution is 0.0526. The second kappa shape index (κ2) is 5.56. The van der Waals surface area contributed by atoms with Gasteiger partial charge in [-0.1, -0.05) is 30.3 Å². The molecule has 4 nitrogen and oxygen atoms in total. The number of aromatic nitrogens is 1. The SMILES string of the molecule is CCOC(=O)c1cncc(NC2(c3ccccc3)CC2)c1. The van der Waals surface area contributed by atoms with E-state index in [1.807, 2.05) is 18.2 Å². The van der Waals surface area contributed by atoms with E-state index in [1.54, 1.807) is 19.2 Å². The molecule has 1 aromatic carbocycles. The molecule has 2 aromatic rings. The molecule has 0 bridgehead atoms. The van der Waals surface area contributed by atoms with Gasteiger partial charge >= 0.3 is 5.97 Å². The molecule has 0 amide bonds. The number of pyridine rings is 1. The third kappa shape index (κ3) is 2.89. The van der Waals surface area contributed by atoms with Crippen molar-refractivity contribution in [1.82, 2.24) is 4.98 Å². The molecule has 1 saturated carbocycles. The number of benzene rings is 1. The number of hydrogen-bond acceptors (Lipinski definition) is 4. The van der Waals surface area contributed by atoms with Crippen molar-refractivity contribution in [3.63, 3.8) is 0 Å². The fourth-order valence-electron chi connectivity index (χ4n) is 2.48. The lowest BCUT2D eigenvalue weighted by Crippen LogP contribution is -2.19. The van der Waals surface area contributed by atoms with Crippen LogP contribution in [-0.2, 0) is 10.3 Å². The summed E-state index contributed by atoms with van der Waals surface area (Å²) in [6, 6.07) is 12.2. The zero-order valence-corrected chi connectivity index (χ0v) is 12.0. The normalized spacial score (nSPS) is 15.3. The number of nitrogens with one attached hydrogen (secondary N) is 1. The van der Waals surface area contributed by atoms with Crippen molar-refractivity contribution < 1.29 is 9.53 Å². The first-order chi connectivity index (χ1) is 10.2. The summed E-state index contributed by atoms with van der Waals surface area (Å²) in [5, 5.41) is 3.51. The third-order valence-electron chi connectivity index (χ3n) is 3.71. The van der Waals surface area contributed by atoms with Crippen LogP contribution in [0.5, 0.6) is 0 Å². The van der Waals surface area contributed by atoms with Crippen LogP contribution in [0.15, 0.2) is 48.8 Å². The van der Waals surface area contributed by atoms with Crippen LogP contribution in [0, 0.1) is 0 Å². The molecule has 1 aliphatic carbocycles. The highest BCUT2D eigenvalue weighted by atomic mass is 16.5. The maximum atomic E-state index is 11.8. The lowest BCUT2D eigenvalue weighted by atomic mass is 10.0. The van der Waals surface area contributed by atoms with Gasteiger partial charge in [0.2, 0.25) is 0 Å². The van der Waals surface area contributed by atoms with Crippen molar-refractivity contribution in [2.45, 2.75) is 25.3 Å². The fraction of sp³-hybridized carbons (Fsp3) is 0.294. The van der Waals surface area contributed by atoms with Gasteiger partial charge in [-0.2, -0.15) is 0 Å². The first-order valence-corrected chi connectivity index (χ1v) is 7.19. The molecule has 1 N–H and O–H groups in total. The molecule has 108 valence electrons. The molecule has 4 heteroatoms. The van der Waals surface area contributed by atoms with E-state index in [9.17, 15) is 4.79 Å². The molecule has 1 heterocycles. The topological polar surface area (TPSA) is 51.2 Å². The molecule has 21 heavy (non-hydrogen) atoms. The first-order valence-electron chi connectivity index (χ1n) is 7.19. The van der Waals surface area contributed by atoms with Gasteiger partial charge in [0.25, 0.3) is 0 Å². The number of hydrogen-bond donors (Lipinski definition) is 1. The Morgan fingerprint density at radius 3 is 2.71 bits per heavy atom. The van der Waals surface area contributed by atoms with Gasteiger partial charge in [-0.3, -0.25) is 4.98 Å². The quantitative estimate of drug-likeness (QED) is 0.854. The smallest absolute Gasteiger partial charge is 0.339 e. The maximum Gasteiger partial charge on any atom is 0.339 e. The first kappa shape index (κ1) is 13.6. The molecule has 0 saturated heterocycles. The Hall–Kier alpha value is -2.36. The van der Waals surface area contributed by atoms with Gasteiger partial charge in [-0.05, 0) is 31.4 Å². The minimum absolute atomic E-state index is 0.0176. The number of nitrogens with zero attached hydrogens (tertiary/aromatic N) is 1. The van der Waals surface area contributed by atoms with E-state index < -0.39 is 0 Å².